The van der Waals surface area contributed by atoms with Gasteiger partial charge in [0.15, 0.2) is 0 Å². The first-order valence-corrected chi connectivity index (χ1v) is 11.2. The zero-order chi connectivity index (χ0) is 19.8. The van der Waals surface area contributed by atoms with Gasteiger partial charge < -0.3 is 10.2 Å². The Bertz CT molecular complexity index is 722. The molecule has 0 bridgehead atoms. The molecule has 1 aliphatic carbocycles. The van der Waals surface area contributed by atoms with Crippen molar-refractivity contribution in [2.24, 2.45) is 10.9 Å². The Morgan fingerprint density at radius 3 is 2.41 bits per heavy atom. The fraction of sp³-hybridized carbons (Fsp3) is 0.810. The van der Waals surface area contributed by atoms with Crippen molar-refractivity contribution in [1.82, 2.24) is 14.2 Å². The molecule has 0 atom stereocenters. The predicted molar refractivity (Wildman–Crippen MR) is 115 cm³/mol. The monoisotopic (exact) mass is 391 g/mol. The predicted octanol–water partition coefficient (Wildman–Crippen LogP) is 3.97. The van der Waals surface area contributed by atoms with Crippen LogP contribution in [-0.2, 0) is 0 Å². The van der Waals surface area contributed by atoms with Crippen molar-refractivity contribution in [1.29, 1.82) is 5.41 Å². The van der Waals surface area contributed by atoms with Crippen molar-refractivity contribution < 1.29 is 0 Å². The summed E-state index contributed by atoms with van der Waals surface area (Å²) in [4.78, 5) is 8.95. The molecular formula is C21H37N5S. The molecule has 3 rings (SSSR count). The van der Waals surface area contributed by atoms with Crippen molar-refractivity contribution >= 4 is 17.5 Å². The van der Waals surface area contributed by atoms with Crippen molar-refractivity contribution in [2.45, 2.75) is 90.8 Å². The molecule has 0 unspecified atom stereocenters. The molecule has 0 radical (unpaired) electrons. The van der Waals surface area contributed by atoms with E-state index in [9.17, 15) is 0 Å². The van der Waals surface area contributed by atoms with Crippen molar-refractivity contribution in [3.8, 4) is 0 Å². The second-order valence-electron chi connectivity index (χ2n) is 9.80. The van der Waals surface area contributed by atoms with E-state index in [4.69, 9.17) is 10.4 Å². The highest BCUT2D eigenvalue weighted by molar-refractivity contribution is 7.07. The van der Waals surface area contributed by atoms with Crippen LogP contribution in [0.15, 0.2) is 11.1 Å². The zero-order valence-corrected chi connectivity index (χ0v) is 18.7. The lowest BCUT2D eigenvalue weighted by Crippen LogP contribution is -2.59. The Labute approximate surface area is 168 Å². The summed E-state index contributed by atoms with van der Waals surface area (Å²) in [5, 5.41) is 12.2. The number of nitrogens with zero attached hydrogens (tertiary/aromatic N) is 3. The summed E-state index contributed by atoms with van der Waals surface area (Å²) in [5.41, 5.74) is 0.709. The van der Waals surface area contributed by atoms with Crippen molar-refractivity contribution in [3.05, 3.63) is 16.4 Å². The van der Waals surface area contributed by atoms with Crippen LogP contribution in [-0.4, -0.2) is 45.0 Å². The Morgan fingerprint density at radius 1 is 1.30 bits per heavy atom. The lowest BCUT2D eigenvalue weighted by atomic mass is 9.80. The number of aromatic nitrogens is 1. The average Bonchev–Trinajstić information content (AvgIpc) is 3.25. The maximum atomic E-state index is 8.47. The third-order valence-electron chi connectivity index (χ3n) is 5.39. The quantitative estimate of drug-likeness (QED) is 0.589. The fourth-order valence-electron chi connectivity index (χ4n) is 4.56. The topological polar surface area (TPSA) is 56.4 Å². The van der Waals surface area contributed by atoms with E-state index in [1.165, 1.54) is 17.7 Å². The molecule has 152 valence electrons. The van der Waals surface area contributed by atoms with Gasteiger partial charge >= 0.3 is 0 Å². The fourth-order valence-corrected chi connectivity index (χ4v) is 5.41. The van der Waals surface area contributed by atoms with E-state index in [0.29, 0.717) is 5.49 Å². The highest BCUT2D eigenvalue weighted by Crippen LogP contribution is 2.32. The molecule has 0 spiro atoms. The maximum Gasteiger partial charge on any atom is 0.216 e. The standard InChI is InChI=1S/C21H37N5S/c1-7-10-25(14-16-8-9-16)19(26-18(22)11-15(2)27-26)23-17-12-20(3,4)24-21(5,6)13-17/h11,16-17,22,24H,7-10,12-14H2,1-6H3. The normalized spacial score (nSPS) is 22.8. The van der Waals surface area contributed by atoms with Crippen LogP contribution in [0.3, 0.4) is 0 Å². The van der Waals surface area contributed by atoms with Crippen LogP contribution >= 0.6 is 11.5 Å². The summed E-state index contributed by atoms with van der Waals surface area (Å²) >= 11 is 1.65. The molecule has 2 fully saturated rings. The average molecular weight is 392 g/mol. The minimum Gasteiger partial charge on any atom is -0.341 e. The first kappa shape index (κ1) is 20.6. The summed E-state index contributed by atoms with van der Waals surface area (Å²) in [6.45, 7) is 15.5. The molecule has 1 aliphatic heterocycles. The minimum absolute atomic E-state index is 0.0763. The van der Waals surface area contributed by atoms with E-state index in [1.54, 1.807) is 11.5 Å². The van der Waals surface area contributed by atoms with E-state index < -0.39 is 0 Å². The molecule has 2 aliphatic rings. The number of nitrogens with one attached hydrogen (secondary N) is 2. The Morgan fingerprint density at radius 2 is 1.93 bits per heavy atom. The van der Waals surface area contributed by atoms with Gasteiger partial charge in [-0.2, -0.15) is 0 Å². The van der Waals surface area contributed by atoms with E-state index in [1.807, 2.05) is 6.07 Å². The van der Waals surface area contributed by atoms with Gasteiger partial charge in [0.1, 0.15) is 5.49 Å². The molecule has 5 nitrogen and oxygen atoms in total. The molecule has 1 saturated carbocycles. The molecule has 0 aromatic carbocycles. The Balaban J connectivity index is 1.98. The van der Waals surface area contributed by atoms with Gasteiger partial charge in [0.05, 0.1) is 6.04 Å². The highest BCUT2D eigenvalue weighted by Gasteiger charge is 2.38. The van der Waals surface area contributed by atoms with Crippen LogP contribution < -0.4 is 10.8 Å². The van der Waals surface area contributed by atoms with E-state index >= 15 is 0 Å². The van der Waals surface area contributed by atoms with Gasteiger partial charge in [0.2, 0.25) is 5.96 Å². The SMILES string of the molecule is CCCN(CC1CC1)C(=NC1CC(C)(C)NC(C)(C)C1)n1sc(C)cc1=N. The van der Waals surface area contributed by atoms with Gasteiger partial charge in [-0.05, 0) is 78.7 Å². The van der Waals surface area contributed by atoms with Crippen LogP contribution in [0.4, 0.5) is 0 Å². The Kier molecular flexibility index (Phi) is 5.88. The van der Waals surface area contributed by atoms with Crippen LogP contribution in [0.25, 0.3) is 0 Å². The van der Waals surface area contributed by atoms with Gasteiger partial charge in [-0.15, -0.1) is 0 Å². The largest absolute Gasteiger partial charge is 0.341 e. The number of aryl methyl sites for hydroxylation is 1. The van der Waals surface area contributed by atoms with Gasteiger partial charge in [0, 0.05) is 29.0 Å². The molecule has 0 amide bonds. The lowest BCUT2D eigenvalue weighted by molar-refractivity contribution is 0.163. The maximum absolute atomic E-state index is 8.47. The second kappa shape index (κ2) is 7.70. The van der Waals surface area contributed by atoms with E-state index in [0.717, 1.165) is 44.2 Å². The number of hydrogen-bond acceptors (Lipinski definition) is 4. The molecule has 27 heavy (non-hydrogen) atoms. The smallest absolute Gasteiger partial charge is 0.216 e. The summed E-state index contributed by atoms with van der Waals surface area (Å²) in [7, 11) is 0. The third kappa shape index (κ3) is 5.44. The molecule has 6 heteroatoms. The number of hydrogen-bond donors (Lipinski definition) is 2. The highest BCUT2D eigenvalue weighted by atomic mass is 32.1. The zero-order valence-electron chi connectivity index (χ0n) is 17.9. The summed E-state index contributed by atoms with van der Waals surface area (Å²) < 4.78 is 2.05. The number of piperidine rings is 1. The molecule has 2 N–H and O–H groups in total. The van der Waals surface area contributed by atoms with E-state index in [-0.39, 0.29) is 17.1 Å². The first-order chi connectivity index (χ1) is 12.6. The van der Waals surface area contributed by atoms with Crippen LogP contribution in [0.1, 0.15) is 71.6 Å². The van der Waals surface area contributed by atoms with Crippen molar-refractivity contribution in [3.63, 3.8) is 0 Å². The first-order valence-electron chi connectivity index (χ1n) is 10.5. The van der Waals surface area contributed by atoms with Crippen LogP contribution in [0.5, 0.6) is 0 Å². The summed E-state index contributed by atoms with van der Waals surface area (Å²) in [6.07, 6.45) is 5.84. The van der Waals surface area contributed by atoms with Crippen LogP contribution in [0, 0.1) is 18.3 Å². The van der Waals surface area contributed by atoms with E-state index in [2.05, 4.69) is 55.7 Å². The molecule has 1 aromatic heterocycles. The van der Waals surface area contributed by atoms with Gasteiger partial charge in [-0.3, -0.25) is 5.41 Å². The third-order valence-corrected chi connectivity index (χ3v) is 6.34. The van der Waals surface area contributed by atoms with Gasteiger partial charge in [0.25, 0.3) is 0 Å². The number of aliphatic imine (C=N–C) groups is 1. The number of rotatable bonds is 5. The Hall–Kier alpha value is -1.14. The van der Waals surface area contributed by atoms with Gasteiger partial charge in [-0.25, -0.2) is 8.95 Å². The minimum atomic E-state index is 0.0763. The lowest BCUT2D eigenvalue weighted by Gasteiger charge is -2.45. The molecule has 2 heterocycles. The van der Waals surface area contributed by atoms with Crippen LogP contribution in [0.2, 0.25) is 0 Å². The van der Waals surface area contributed by atoms with Gasteiger partial charge in [-0.1, -0.05) is 18.5 Å². The molecule has 1 aromatic rings. The summed E-state index contributed by atoms with van der Waals surface area (Å²) in [5.74, 6) is 1.81. The van der Waals surface area contributed by atoms with Crippen molar-refractivity contribution in [2.75, 3.05) is 13.1 Å². The second-order valence-corrected chi connectivity index (χ2v) is 11.0. The molecular weight excluding hydrogens is 354 g/mol. The molecule has 1 saturated heterocycles. The summed E-state index contributed by atoms with van der Waals surface area (Å²) in [6, 6.07) is 2.23.